The highest BCUT2D eigenvalue weighted by atomic mass is 35.5. The maximum Gasteiger partial charge on any atom is 0.237 e. The van der Waals surface area contributed by atoms with Crippen molar-refractivity contribution in [3.63, 3.8) is 0 Å². The molecular formula is C23H25ClF2N4O2S. The van der Waals surface area contributed by atoms with E-state index in [9.17, 15) is 13.6 Å². The van der Waals surface area contributed by atoms with Gasteiger partial charge in [-0.2, -0.15) is 0 Å². The van der Waals surface area contributed by atoms with E-state index in [1.807, 2.05) is 16.7 Å². The van der Waals surface area contributed by atoms with Gasteiger partial charge in [0.15, 0.2) is 11.0 Å². The Labute approximate surface area is 200 Å². The number of benzene rings is 2. The van der Waals surface area contributed by atoms with Crippen molar-refractivity contribution in [3.8, 4) is 5.75 Å². The summed E-state index contributed by atoms with van der Waals surface area (Å²) in [6.07, 6.45) is 1.64. The zero-order valence-electron chi connectivity index (χ0n) is 18.5. The molecule has 0 saturated heterocycles. The van der Waals surface area contributed by atoms with E-state index in [4.69, 9.17) is 16.3 Å². The first-order valence-corrected chi connectivity index (χ1v) is 11.8. The second-order valence-electron chi connectivity index (χ2n) is 7.30. The zero-order chi connectivity index (χ0) is 24.0. The first-order chi connectivity index (χ1) is 15.8. The normalized spacial score (nSPS) is 12.1. The molecule has 33 heavy (non-hydrogen) atoms. The van der Waals surface area contributed by atoms with Gasteiger partial charge in [-0.1, -0.05) is 55.4 Å². The maximum atomic E-state index is 13.9. The predicted molar refractivity (Wildman–Crippen MR) is 126 cm³/mol. The molecule has 0 fully saturated rings. The fraction of sp³-hybridized carbons (Fsp3) is 0.348. The molecule has 0 saturated carbocycles. The fourth-order valence-electron chi connectivity index (χ4n) is 3.26. The SMILES string of the molecule is CCC(CC)n1c(COc2ccccc2Cl)nnc1SC(C)C(=O)Nc1c(F)cccc1F. The van der Waals surface area contributed by atoms with Crippen LogP contribution in [0.1, 0.15) is 45.5 Å². The summed E-state index contributed by atoms with van der Waals surface area (Å²) in [5.41, 5.74) is -0.467. The van der Waals surface area contributed by atoms with Gasteiger partial charge < -0.3 is 14.6 Å². The van der Waals surface area contributed by atoms with Crippen molar-refractivity contribution in [2.24, 2.45) is 0 Å². The van der Waals surface area contributed by atoms with Gasteiger partial charge in [0.05, 0.1) is 10.3 Å². The average molecular weight is 495 g/mol. The summed E-state index contributed by atoms with van der Waals surface area (Å²) in [7, 11) is 0. The number of rotatable bonds is 10. The van der Waals surface area contributed by atoms with E-state index in [1.54, 1.807) is 19.1 Å². The number of aromatic nitrogens is 3. The minimum Gasteiger partial charge on any atom is -0.484 e. The molecule has 0 spiro atoms. The number of halogens is 3. The van der Waals surface area contributed by atoms with Crippen LogP contribution in [0.3, 0.4) is 0 Å². The zero-order valence-corrected chi connectivity index (χ0v) is 20.1. The van der Waals surface area contributed by atoms with Gasteiger partial charge in [0.25, 0.3) is 0 Å². The highest BCUT2D eigenvalue weighted by Gasteiger charge is 2.25. The fourth-order valence-corrected chi connectivity index (χ4v) is 4.39. The lowest BCUT2D eigenvalue weighted by Gasteiger charge is -2.20. The van der Waals surface area contributed by atoms with E-state index in [1.165, 1.54) is 6.07 Å². The van der Waals surface area contributed by atoms with Gasteiger partial charge in [0.2, 0.25) is 5.91 Å². The molecule has 3 rings (SSSR count). The molecule has 0 radical (unpaired) electrons. The highest BCUT2D eigenvalue weighted by Crippen LogP contribution is 2.31. The second-order valence-corrected chi connectivity index (χ2v) is 9.02. The van der Waals surface area contributed by atoms with Crippen molar-refractivity contribution in [2.75, 3.05) is 5.32 Å². The van der Waals surface area contributed by atoms with Crippen molar-refractivity contribution in [1.82, 2.24) is 14.8 Å². The van der Waals surface area contributed by atoms with Gasteiger partial charge in [-0.05, 0) is 44.0 Å². The van der Waals surface area contributed by atoms with Crippen LogP contribution in [-0.2, 0) is 11.4 Å². The van der Waals surface area contributed by atoms with E-state index in [0.29, 0.717) is 21.8 Å². The summed E-state index contributed by atoms with van der Waals surface area (Å²) in [6.45, 7) is 5.90. The molecule has 0 aliphatic rings. The summed E-state index contributed by atoms with van der Waals surface area (Å²) < 4.78 is 35.6. The number of nitrogens with one attached hydrogen (secondary N) is 1. The molecule has 1 aromatic heterocycles. The Morgan fingerprint density at radius 3 is 2.42 bits per heavy atom. The Kier molecular flexibility index (Phi) is 8.68. The third-order valence-electron chi connectivity index (χ3n) is 5.10. The number of hydrogen-bond donors (Lipinski definition) is 1. The maximum absolute atomic E-state index is 13.9. The van der Waals surface area contributed by atoms with Gasteiger partial charge >= 0.3 is 0 Å². The summed E-state index contributed by atoms with van der Waals surface area (Å²) in [4.78, 5) is 12.6. The van der Waals surface area contributed by atoms with Crippen LogP contribution in [0.5, 0.6) is 5.75 Å². The first-order valence-electron chi connectivity index (χ1n) is 10.6. The molecule has 0 bridgehead atoms. The van der Waals surface area contributed by atoms with Crippen LogP contribution in [0.15, 0.2) is 47.6 Å². The van der Waals surface area contributed by atoms with E-state index >= 15 is 0 Å². The molecule has 1 amide bonds. The van der Waals surface area contributed by atoms with Gasteiger partial charge in [0, 0.05) is 6.04 Å². The molecule has 1 heterocycles. The molecule has 3 aromatic rings. The van der Waals surface area contributed by atoms with Crippen LogP contribution in [0.25, 0.3) is 0 Å². The Hall–Kier alpha value is -2.65. The Balaban J connectivity index is 1.78. The molecule has 10 heteroatoms. The van der Waals surface area contributed by atoms with Crippen molar-refractivity contribution < 1.29 is 18.3 Å². The Morgan fingerprint density at radius 2 is 1.79 bits per heavy atom. The molecule has 1 unspecified atom stereocenters. The van der Waals surface area contributed by atoms with Crippen LogP contribution in [0.4, 0.5) is 14.5 Å². The molecule has 176 valence electrons. The lowest BCUT2D eigenvalue weighted by molar-refractivity contribution is -0.115. The lowest BCUT2D eigenvalue weighted by Crippen LogP contribution is -2.24. The van der Waals surface area contributed by atoms with Crippen LogP contribution >= 0.6 is 23.4 Å². The molecular weight excluding hydrogens is 470 g/mol. The number of nitrogens with zero attached hydrogens (tertiary/aromatic N) is 3. The third kappa shape index (κ3) is 6.03. The minimum absolute atomic E-state index is 0.0895. The second kappa shape index (κ2) is 11.5. The van der Waals surface area contributed by atoms with Crippen molar-refractivity contribution >= 4 is 35.0 Å². The topological polar surface area (TPSA) is 69.0 Å². The standard InChI is InChI=1S/C23H25ClF2N4O2S/c1-4-15(5-2)30-20(13-32-19-12-7-6-9-16(19)24)28-29-23(30)33-14(3)22(31)27-21-17(25)10-8-11-18(21)26/h6-12,14-15H,4-5,13H2,1-3H3,(H,27,31). The van der Waals surface area contributed by atoms with Gasteiger partial charge in [-0.3, -0.25) is 4.79 Å². The number of thioether (sulfide) groups is 1. The largest absolute Gasteiger partial charge is 0.484 e. The van der Waals surface area contributed by atoms with E-state index in [2.05, 4.69) is 29.4 Å². The van der Waals surface area contributed by atoms with Gasteiger partial charge in [-0.25, -0.2) is 8.78 Å². The average Bonchev–Trinajstić information content (AvgIpc) is 3.18. The number of ether oxygens (including phenoxy) is 1. The summed E-state index contributed by atoms with van der Waals surface area (Å²) in [6, 6.07) is 10.7. The molecule has 2 aromatic carbocycles. The lowest BCUT2D eigenvalue weighted by atomic mass is 10.2. The highest BCUT2D eigenvalue weighted by molar-refractivity contribution is 8.00. The number of amides is 1. The third-order valence-corrected chi connectivity index (χ3v) is 6.47. The smallest absolute Gasteiger partial charge is 0.237 e. The van der Waals surface area contributed by atoms with E-state index in [-0.39, 0.29) is 12.6 Å². The minimum atomic E-state index is -0.834. The number of carbonyl (C=O) groups excluding carboxylic acids is 1. The van der Waals surface area contributed by atoms with Crippen LogP contribution < -0.4 is 10.1 Å². The molecule has 1 N–H and O–H groups in total. The monoisotopic (exact) mass is 494 g/mol. The van der Waals surface area contributed by atoms with Crippen LogP contribution in [-0.4, -0.2) is 25.9 Å². The predicted octanol–water partition coefficient (Wildman–Crippen LogP) is 6.27. The Bertz CT molecular complexity index is 1090. The summed E-state index contributed by atoms with van der Waals surface area (Å²) in [5, 5.41) is 11.2. The first kappa shape index (κ1) is 25.0. The number of hydrogen-bond acceptors (Lipinski definition) is 5. The Morgan fingerprint density at radius 1 is 1.12 bits per heavy atom. The number of para-hydroxylation sites is 2. The van der Waals surface area contributed by atoms with Gasteiger partial charge in [0.1, 0.15) is 29.7 Å². The summed E-state index contributed by atoms with van der Waals surface area (Å²) in [5.74, 6) is -1.08. The molecule has 0 aliphatic heterocycles. The van der Waals surface area contributed by atoms with Crippen molar-refractivity contribution in [3.05, 3.63) is 64.9 Å². The van der Waals surface area contributed by atoms with E-state index in [0.717, 1.165) is 36.7 Å². The van der Waals surface area contributed by atoms with Crippen molar-refractivity contribution in [1.29, 1.82) is 0 Å². The van der Waals surface area contributed by atoms with Crippen LogP contribution in [0, 0.1) is 11.6 Å². The van der Waals surface area contributed by atoms with E-state index < -0.39 is 28.5 Å². The van der Waals surface area contributed by atoms with Gasteiger partial charge in [-0.15, -0.1) is 10.2 Å². The van der Waals surface area contributed by atoms with Crippen molar-refractivity contribution in [2.45, 2.75) is 56.7 Å². The van der Waals surface area contributed by atoms with Crippen LogP contribution in [0.2, 0.25) is 5.02 Å². The summed E-state index contributed by atoms with van der Waals surface area (Å²) >= 11 is 7.34. The molecule has 0 aliphatic carbocycles. The number of carbonyl (C=O) groups is 1. The quantitative estimate of drug-likeness (QED) is 0.336. The number of anilines is 1. The molecule has 1 atom stereocenters. The molecule has 6 nitrogen and oxygen atoms in total.